The zero-order valence-corrected chi connectivity index (χ0v) is 16.2. The van der Waals surface area contributed by atoms with Gasteiger partial charge in [0.1, 0.15) is 5.82 Å². The van der Waals surface area contributed by atoms with E-state index < -0.39 is 0 Å². The van der Waals surface area contributed by atoms with E-state index in [1.54, 1.807) is 31.2 Å². The molecule has 3 nitrogen and oxygen atoms in total. The number of rotatable bonds is 5. The van der Waals surface area contributed by atoms with Gasteiger partial charge in [-0.2, -0.15) is 0 Å². The number of halogens is 3. The molecule has 3 aromatic rings. The Hall–Kier alpha value is -1.82. The molecule has 3 rings (SSSR count). The van der Waals surface area contributed by atoms with Gasteiger partial charge in [-0.15, -0.1) is 0 Å². The lowest BCUT2D eigenvalue weighted by atomic mass is 10.1. The van der Waals surface area contributed by atoms with Gasteiger partial charge in [-0.3, -0.25) is 4.79 Å². The highest BCUT2D eigenvalue weighted by molar-refractivity contribution is 7.98. The van der Waals surface area contributed by atoms with E-state index in [1.165, 1.54) is 23.9 Å². The maximum atomic E-state index is 13.3. The number of nitrogens with one attached hydrogen (secondary N) is 1. The second-order valence-corrected chi connectivity index (χ2v) is 7.52. The summed E-state index contributed by atoms with van der Waals surface area (Å²) in [6, 6.07) is 11.6. The highest BCUT2D eigenvalue weighted by atomic mass is 35.5. The van der Waals surface area contributed by atoms with E-state index >= 15 is 0 Å². The first-order chi connectivity index (χ1) is 12.4. The van der Waals surface area contributed by atoms with E-state index in [4.69, 9.17) is 23.2 Å². The predicted octanol–water partition coefficient (Wildman–Crippen LogP) is 5.41. The van der Waals surface area contributed by atoms with Crippen molar-refractivity contribution in [3.8, 4) is 0 Å². The van der Waals surface area contributed by atoms with Gasteiger partial charge in [-0.1, -0.05) is 53.2 Å². The minimum Gasteiger partial charge on any atom is -0.301 e. The number of nitrogens with zero attached hydrogens (tertiary/aromatic N) is 1. The Morgan fingerprint density at radius 1 is 1.15 bits per heavy atom. The number of aromatic amines is 1. The standard InChI is InChI=1S/C19H15Cl2FN2OS/c1-11-17(9-14-15(20)6-3-7-16(14)21)23-19(24-18(11)25)26-10-12-4-2-5-13(22)8-12/h2-8H,9-10H2,1H3,(H,23,24,25). The molecule has 134 valence electrons. The Bertz CT molecular complexity index is 987. The maximum Gasteiger partial charge on any atom is 0.254 e. The van der Waals surface area contributed by atoms with Crippen molar-refractivity contribution < 1.29 is 4.39 Å². The van der Waals surface area contributed by atoms with E-state index in [2.05, 4.69) is 9.97 Å². The highest BCUT2D eigenvalue weighted by Gasteiger charge is 2.13. The fourth-order valence-corrected chi connectivity index (χ4v) is 3.80. The Morgan fingerprint density at radius 2 is 1.85 bits per heavy atom. The summed E-state index contributed by atoms with van der Waals surface area (Å²) in [5.41, 5.74) is 2.48. The van der Waals surface area contributed by atoms with Crippen LogP contribution in [0.3, 0.4) is 0 Å². The summed E-state index contributed by atoms with van der Waals surface area (Å²) in [4.78, 5) is 19.5. The van der Waals surface area contributed by atoms with Crippen molar-refractivity contribution in [2.24, 2.45) is 0 Å². The molecule has 1 heterocycles. The van der Waals surface area contributed by atoms with Gasteiger partial charge in [-0.05, 0) is 42.3 Å². The van der Waals surface area contributed by atoms with Crippen molar-refractivity contribution in [3.05, 3.63) is 91.1 Å². The molecule has 2 aromatic carbocycles. The smallest absolute Gasteiger partial charge is 0.254 e. The van der Waals surface area contributed by atoms with Crippen LogP contribution in [0, 0.1) is 12.7 Å². The Morgan fingerprint density at radius 3 is 2.54 bits per heavy atom. The van der Waals surface area contributed by atoms with Gasteiger partial charge >= 0.3 is 0 Å². The number of H-pyrrole nitrogens is 1. The van der Waals surface area contributed by atoms with Gasteiger partial charge < -0.3 is 4.98 Å². The van der Waals surface area contributed by atoms with E-state index in [9.17, 15) is 9.18 Å². The summed E-state index contributed by atoms with van der Waals surface area (Å²) >= 11 is 13.8. The van der Waals surface area contributed by atoms with Gasteiger partial charge in [0.15, 0.2) is 5.16 Å². The summed E-state index contributed by atoms with van der Waals surface area (Å²) in [6.45, 7) is 1.72. The van der Waals surface area contributed by atoms with Gasteiger partial charge in [0.05, 0.1) is 5.69 Å². The quantitative estimate of drug-likeness (QED) is 0.453. The van der Waals surface area contributed by atoms with Crippen LogP contribution in [-0.2, 0) is 12.2 Å². The van der Waals surface area contributed by atoms with E-state index in [-0.39, 0.29) is 11.4 Å². The molecule has 0 spiro atoms. The molecule has 1 aromatic heterocycles. The van der Waals surface area contributed by atoms with Crippen LogP contribution in [0.5, 0.6) is 0 Å². The van der Waals surface area contributed by atoms with Crippen molar-refractivity contribution in [1.82, 2.24) is 9.97 Å². The first-order valence-electron chi connectivity index (χ1n) is 7.84. The second-order valence-electron chi connectivity index (χ2n) is 5.74. The SMILES string of the molecule is Cc1c(Cc2c(Cl)cccc2Cl)nc(SCc2cccc(F)c2)[nH]c1=O. The van der Waals surface area contributed by atoms with Crippen molar-refractivity contribution >= 4 is 35.0 Å². The molecule has 0 bridgehead atoms. The molecular formula is C19H15Cl2FN2OS. The molecule has 0 atom stereocenters. The molecule has 0 saturated carbocycles. The van der Waals surface area contributed by atoms with Crippen LogP contribution >= 0.6 is 35.0 Å². The van der Waals surface area contributed by atoms with Crippen molar-refractivity contribution in [2.75, 3.05) is 0 Å². The maximum absolute atomic E-state index is 13.3. The molecule has 26 heavy (non-hydrogen) atoms. The monoisotopic (exact) mass is 408 g/mol. The van der Waals surface area contributed by atoms with E-state index in [0.29, 0.717) is 38.6 Å². The highest BCUT2D eigenvalue weighted by Crippen LogP contribution is 2.27. The van der Waals surface area contributed by atoms with Crippen molar-refractivity contribution in [2.45, 2.75) is 24.3 Å². The van der Waals surface area contributed by atoms with Crippen LogP contribution < -0.4 is 5.56 Å². The molecule has 0 aliphatic heterocycles. The molecule has 0 aliphatic rings. The predicted molar refractivity (Wildman–Crippen MR) is 105 cm³/mol. The topological polar surface area (TPSA) is 45.8 Å². The first-order valence-corrected chi connectivity index (χ1v) is 9.58. The summed E-state index contributed by atoms with van der Waals surface area (Å²) in [5.74, 6) is 0.207. The first kappa shape index (κ1) is 19.0. The van der Waals surface area contributed by atoms with Crippen LogP contribution in [0.2, 0.25) is 10.0 Å². The van der Waals surface area contributed by atoms with Gasteiger partial charge in [-0.25, -0.2) is 9.37 Å². The third kappa shape index (κ3) is 4.47. The fraction of sp³-hybridized carbons (Fsp3) is 0.158. The molecule has 7 heteroatoms. The van der Waals surface area contributed by atoms with E-state index in [0.717, 1.165) is 11.1 Å². The molecule has 0 fully saturated rings. The number of benzene rings is 2. The molecule has 0 radical (unpaired) electrons. The summed E-state index contributed by atoms with van der Waals surface area (Å²) in [5, 5.41) is 1.55. The fourth-order valence-electron chi connectivity index (χ4n) is 2.44. The van der Waals surface area contributed by atoms with Crippen LogP contribution in [0.1, 0.15) is 22.4 Å². The molecule has 1 N–H and O–H groups in total. The third-order valence-corrected chi connectivity index (χ3v) is 5.55. The van der Waals surface area contributed by atoms with Crippen LogP contribution in [0.4, 0.5) is 4.39 Å². The van der Waals surface area contributed by atoms with Crippen LogP contribution in [-0.4, -0.2) is 9.97 Å². The number of thioether (sulfide) groups is 1. The minimum absolute atomic E-state index is 0.208. The van der Waals surface area contributed by atoms with Crippen molar-refractivity contribution in [1.29, 1.82) is 0 Å². The third-order valence-electron chi connectivity index (χ3n) is 3.90. The van der Waals surface area contributed by atoms with Crippen molar-refractivity contribution in [3.63, 3.8) is 0 Å². The Balaban J connectivity index is 1.86. The lowest BCUT2D eigenvalue weighted by Gasteiger charge is -2.10. The lowest BCUT2D eigenvalue weighted by Crippen LogP contribution is -2.16. The van der Waals surface area contributed by atoms with Gasteiger partial charge in [0, 0.05) is 27.8 Å². The summed E-state index contributed by atoms with van der Waals surface area (Å²) in [7, 11) is 0. The molecule has 0 unspecified atom stereocenters. The number of hydrogen-bond acceptors (Lipinski definition) is 3. The second kappa shape index (κ2) is 8.25. The lowest BCUT2D eigenvalue weighted by molar-refractivity contribution is 0.626. The average molecular weight is 409 g/mol. The average Bonchev–Trinajstić information content (AvgIpc) is 2.60. The van der Waals surface area contributed by atoms with Gasteiger partial charge in [0.2, 0.25) is 0 Å². The zero-order valence-electron chi connectivity index (χ0n) is 13.9. The summed E-state index contributed by atoms with van der Waals surface area (Å²) in [6.07, 6.45) is 0.363. The molecule has 0 aliphatic carbocycles. The molecule has 0 saturated heterocycles. The normalized spacial score (nSPS) is 10.9. The van der Waals surface area contributed by atoms with Crippen LogP contribution in [0.15, 0.2) is 52.4 Å². The molecular weight excluding hydrogens is 394 g/mol. The minimum atomic E-state index is -0.289. The largest absolute Gasteiger partial charge is 0.301 e. The number of aromatic nitrogens is 2. The molecule has 0 amide bonds. The summed E-state index contributed by atoms with van der Waals surface area (Å²) < 4.78 is 13.3. The Labute approximate surface area is 164 Å². The van der Waals surface area contributed by atoms with E-state index in [1.807, 2.05) is 6.07 Å². The zero-order chi connectivity index (χ0) is 18.7. The number of hydrogen-bond donors (Lipinski definition) is 1. The Kier molecular flexibility index (Phi) is 6.01. The van der Waals surface area contributed by atoms with Crippen LogP contribution in [0.25, 0.3) is 0 Å². The van der Waals surface area contributed by atoms with Gasteiger partial charge in [0.25, 0.3) is 5.56 Å².